The normalized spacial score (nSPS) is 12.0. The lowest BCUT2D eigenvalue weighted by Gasteiger charge is -1.96. The first kappa shape index (κ1) is 9.58. The molecule has 1 aromatic carbocycles. The summed E-state index contributed by atoms with van der Waals surface area (Å²) in [7, 11) is 3.46. The summed E-state index contributed by atoms with van der Waals surface area (Å²) in [5.41, 5.74) is 7.82. The van der Waals surface area contributed by atoms with E-state index in [0.717, 1.165) is 16.5 Å². The molecule has 0 radical (unpaired) electrons. The summed E-state index contributed by atoms with van der Waals surface area (Å²) in [6, 6.07) is 8.03. The van der Waals surface area contributed by atoms with E-state index in [1.807, 2.05) is 42.1 Å². The molecule has 0 aliphatic rings. The van der Waals surface area contributed by atoms with Crippen molar-refractivity contribution in [2.24, 2.45) is 17.9 Å². The summed E-state index contributed by atoms with van der Waals surface area (Å²) in [5, 5.41) is 4.82. The van der Waals surface area contributed by atoms with Crippen LogP contribution in [0.4, 0.5) is 0 Å². The SMILES string of the molecule is CO/N=C(\N)c1cn(C)c2ccccc12. The van der Waals surface area contributed by atoms with Crippen LogP contribution >= 0.6 is 0 Å². The highest BCUT2D eigenvalue weighted by Gasteiger charge is 2.08. The Morgan fingerprint density at radius 1 is 1.40 bits per heavy atom. The van der Waals surface area contributed by atoms with Gasteiger partial charge in [0.05, 0.1) is 0 Å². The topological polar surface area (TPSA) is 52.5 Å². The van der Waals surface area contributed by atoms with E-state index in [0.29, 0.717) is 5.84 Å². The van der Waals surface area contributed by atoms with Crippen molar-refractivity contribution < 1.29 is 4.84 Å². The smallest absolute Gasteiger partial charge is 0.172 e. The molecule has 4 nitrogen and oxygen atoms in total. The summed E-state index contributed by atoms with van der Waals surface area (Å²) in [6.45, 7) is 0. The minimum absolute atomic E-state index is 0.397. The van der Waals surface area contributed by atoms with E-state index in [4.69, 9.17) is 5.73 Å². The first-order chi connectivity index (χ1) is 7.24. The van der Waals surface area contributed by atoms with Gasteiger partial charge in [-0.15, -0.1) is 0 Å². The van der Waals surface area contributed by atoms with Crippen molar-refractivity contribution in [3.8, 4) is 0 Å². The predicted octanol–water partition coefficient (Wildman–Crippen LogP) is 1.45. The molecule has 0 aliphatic heterocycles. The Hall–Kier alpha value is -1.97. The lowest BCUT2D eigenvalue weighted by molar-refractivity contribution is 0.213. The predicted molar refractivity (Wildman–Crippen MR) is 60.7 cm³/mol. The Morgan fingerprint density at radius 3 is 2.87 bits per heavy atom. The Balaban J connectivity index is 2.67. The standard InChI is InChI=1S/C11H13N3O/c1-14-7-9(11(12)13-15-2)8-5-3-4-6-10(8)14/h3-7H,1-2H3,(H2,12,13). The number of amidine groups is 1. The Bertz CT molecular complexity index is 514. The van der Waals surface area contributed by atoms with Gasteiger partial charge in [0.25, 0.3) is 0 Å². The molecule has 0 saturated carbocycles. The van der Waals surface area contributed by atoms with Crippen LogP contribution < -0.4 is 5.73 Å². The number of rotatable bonds is 2. The molecule has 15 heavy (non-hydrogen) atoms. The van der Waals surface area contributed by atoms with Crippen LogP contribution in [0.3, 0.4) is 0 Å². The second-order valence-corrected chi connectivity index (χ2v) is 3.33. The van der Waals surface area contributed by atoms with Crippen LogP contribution in [-0.4, -0.2) is 17.5 Å². The van der Waals surface area contributed by atoms with E-state index >= 15 is 0 Å². The van der Waals surface area contributed by atoms with Gasteiger partial charge in [-0.3, -0.25) is 0 Å². The molecule has 0 atom stereocenters. The van der Waals surface area contributed by atoms with Crippen LogP contribution in [0.25, 0.3) is 10.9 Å². The quantitative estimate of drug-likeness (QED) is 0.456. The molecule has 0 saturated heterocycles. The van der Waals surface area contributed by atoms with Gasteiger partial charge < -0.3 is 15.1 Å². The Morgan fingerprint density at radius 2 is 2.13 bits per heavy atom. The van der Waals surface area contributed by atoms with Crippen molar-refractivity contribution >= 4 is 16.7 Å². The van der Waals surface area contributed by atoms with Gasteiger partial charge in [-0.2, -0.15) is 0 Å². The van der Waals surface area contributed by atoms with Crippen molar-refractivity contribution in [2.75, 3.05) is 7.11 Å². The van der Waals surface area contributed by atoms with E-state index in [9.17, 15) is 0 Å². The zero-order valence-electron chi connectivity index (χ0n) is 8.77. The third-order valence-corrected chi connectivity index (χ3v) is 2.36. The lowest BCUT2D eigenvalue weighted by atomic mass is 10.1. The lowest BCUT2D eigenvalue weighted by Crippen LogP contribution is -2.12. The summed E-state index contributed by atoms with van der Waals surface area (Å²) in [5.74, 6) is 0.397. The number of hydrogen-bond donors (Lipinski definition) is 1. The zero-order chi connectivity index (χ0) is 10.8. The number of nitrogens with two attached hydrogens (primary N) is 1. The summed E-state index contributed by atoms with van der Waals surface area (Å²) >= 11 is 0. The van der Waals surface area contributed by atoms with Gasteiger partial charge in [-0.1, -0.05) is 23.4 Å². The van der Waals surface area contributed by atoms with E-state index in [1.54, 1.807) is 0 Å². The highest BCUT2D eigenvalue weighted by Crippen LogP contribution is 2.19. The second kappa shape index (κ2) is 3.65. The molecular weight excluding hydrogens is 190 g/mol. The van der Waals surface area contributed by atoms with Gasteiger partial charge in [0, 0.05) is 29.7 Å². The van der Waals surface area contributed by atoms with Gasteiger partial charge in [-0.25, -0.2) is 0 Å². The molecule has 1 aromatic heterocycles. The van der Waals surface area contributed by atoms with E-state index < -0.39 is 0 Å². The molecule has 0 bridgehead atoms. The largest absolute Gasteiger partial charge is 0.397 e. The monoisotopic (exact) mass is 203 g/mol. The summed E-state index contributed by atoms with van der Waals surface area (Å²) < 4.78 is 2.02. The molecule has 2 rings (SSSR count). The molecule has 4 heteroatoms. The van der Waals surface area contributed by atoms with Crippen molar-refractivity contribution in [3.05, 3.63) is 36.0 Å². The Kier molecular flexibility index (Phi) is 2.33. The molecular formula is C11H13N3O. The number of aromatic nitrogens is 1. The van der Waals surface area contributed by atoms with Gasteiger partial charge >= 0.3 is 0 Å². The molecule has 0 aliphatic carbocycles. The van der Waals surface area contributed by atoms with E-state index in [1.165, 1.54) is 7.11 Å². The van der Waals surface area contributed by atoms with Crippen LogP contribution in [0, 0.1) is 0 Å². The third-order valence-electron chi connectivity index (χ3n) is 2.36. The van der Waals surface area contributed by atoms with Crippen molar-refractivity contribution in [3.63, 3.8) is 0 Å². The first-order valence-corrected chi connectivity index (χ1v) is 4.65. The number of oxime groups is 1. The molecule has 78 valence electrons. The van der Waals surface area contributed by atoms with Crippen molar-refractivity contribution in [1.29, 1.82) is 0 Å². The van der Waals surface area contributed by atoms with E-state index in [2.05, 4.69) is 9.99 Å². The number of hydrogen-bond acceptors (Lipinski definition) is 2. The van der Waals surface area contributed by atoms with E-state index in [-0.39, 0.29) is 0 Å². The molecule has 0 spiro atoms. The first-order valence-electron chi connectivity index (χ1n) is 4.65. The van der Waals surface area contributed by atoms with Crippen LogP contribution in [-0.2, 0) is 11.9 Å². The fourth-order valence-electron chi connectivity index (χ4n) is 1.69. The van der Waals surface area contributed by atoms with Crippen LogP contribution in [0.5, 0.6) is 0 Å². The number of nitrogens with zero attached hydrogens (tertiary/aromatic N) is 2. The maximum absolute atomic E-state index is 5.80. The van der Waals surface area contributed by atoms with Gasteiger partial charge in [-0.05, 0) is 6.07 Å². The number of aryl methyl sites for hydroxylation is 1. The van der Waals surface area contributed by atoms with Crippen molar-refractivity contribution in [2.45, 2.75) is 0 Å². The summed E-state index contributed by atoms with van der Waals surface area (Å²) in [6.07, 6.45) is 1.95. The maximum atomic E-state index is 5.80. The van der Waals surface area contributed by atoms with Crippen LogP contribution in [0.15, 0.2) is 35.6 Å². The minimum atomic E-state index is 0.397. The molecule has 2 aromatic rings. The molecule has 1 heterocycles. The molecule has 0 unspecified atom stereocenters. The minimum Gasteiger partial charge on any atom is -0.397 e. The highest BCUT2D eigenvalue weighted by atomic mass is 16.6. The fraction of sp³-hybridized carbons (Fsp3) is 0.182. The maximum Gasteiger partial charge on any atom is 0.172 e. The average molecular weight is 203 g/mol. The third kappa shape index (κ3) is 1.54. The zero-order valence-corrected chi connectivity index (χ0v) is 8.77. The van der Waals surface area contributed by atoms with Crippen molar-refractivity contribution in [1.82, 2.24) is 4.57 Å². The van der Waals surface area contributed by atoms with Gasteiger partial charge in [0.1, 0.15) is 7.11 Å². The average Bonchev–Trinajstić information content (AvgIpc) is 2.58. The second-order valence-electron chi connectivity index (χ2n) is 3.33. The molecule has 2 N–H and O–H groups in total. The molecule has 0 fully saturated rings. The number of benzene rings is 1. The summed E-state index contributed by atoms with van der Waals surface area (Å²) in [4.78, 5) is 4.67. The van der Waals surface area contributed by atoms with Gasteiger partial charge in [0.15, 0.2) is 5.84 Å². The van der Waals surface area contributed by atoms with Crippen LogP contribution in [0.2, 0.25) is 0 Å². The highest BCUT2D eigenvalue weighted by molar-refractivity contribution is 6.08. The number of fused-ring (bicyclic) bond motifs is 1. The fourth-order valence-corrected chi connectivity index (χ4v) is 1.69. The van der Waals surface area contributed by atoms with Gasteiger partial charge in [0.2, 0.25) is 0 Å². The Labute approximate surface area is 87.9 Å². The molecule has 0 amide bonds. The van der Waals surface area contributed by atoms with Crippen LogP contribution in [0.1, 0.15) is 5.56 Å². The number of para-hydroxylation sites is 1.